The van der Waals surface area contributed by atoms with Gasteiger partial charge in [-0.25, -0.2) is 4.79 Å². The first-order valence-electron chi connectivity index (χ1n) is 12.9. The number of esters is 1. The van der Waals surface area contributed by atoms with Crippen LogP contribution in [0.5, 0.6) is 11.5 Å². The summed E-state index contributed by atoms with van der Waals surface area (Å²) < 4.78 is 22.0. The third kappa shape index (κ3) is 5.40. The van der Waals surface area contributed by atoms with Crippen molar-refractivity contribution in [1.29, 1.82) is 0 Å². The number of carbonyl (C=O) groups excluding carboxylic acids is 2. The molecule has 0 bridgehead atoms. The minimum absolute atomic E-state index is 0.0547. The van der Waals surface area contributed by atoms with E-state index in [4.69, 9.17) is 18.9 Å². The summed E-state index contributed by atoms with van der Waals surface area (Å²) in [5.41, 5.74) is 1.18. The quantitative estimate of drug-likeness (QED) is 0.142. The first kappa shape index (κ1) is 29.8. The molecule has 1 aromatic carbocycles. The van der Waals surface area contributed by atoms with E-state index < -0.39 is 67.4 Å². The molecule has 0 aliphatic carbocycles. The summed E-state index contributed by atoms with van der Waals surface area (Å²) in [5, 5.41) is 61.3. The molecule has 3 aliphatic heterocycles. The monoisotopic (exact) mass is 565 g/mol. The number of aliphatic hydroxyl groups excluding tert-OH is 4. The number of phenolic OH excluding ortho intramolecular Hbond substituents is 2. The number of benzene rings is 1. The lowest BCUT2D eigenvalue weighted by Gasteiger charge is -2.44. The van der Waals surface area contributed by atoms with Gasteiger partial charge in [-0.3, -0.25) is 4.79 Å². The van der Waals surface area contributed by atoms with E-state index in [0.717, 1.165) is 11.8 Å². The second-order valence-electron chi connectivity index (χ2n) is 10.0. The molecule has 9 atom stereocenters. The maximum Gasteiger partial charge on any atom is 0.337 e. The van der Waals surface area contributed by atoms with E-state index in [1.807, 2.05) is 0 Å². The van der Waals surface area contributed by atoms with Gasteiger partial charge in [0.05, 0.1) is 31.6 Å². The number of phenols is 2. The van der Waals surface area contributed by atoms with Crippen LogP contribution in [0.3, 0.4) is 0 Å². The van der Waals surface area contributed by atoms with Gasteiger partial charge < -0.3 is 54.5 Å². The van der Waals surface area contributed by atoms with Gasteiger partial charge in [-0.2, -0.15) is 0 Å². The molecule has 13 heteroatoms. The van der Waals surface area contributed by atoms with Gasteiger partial charge in [-0.05, 0) is 24.5 Å². The predicted molar refractivity (Wildman–Crippen MR) is 135 cm³/mol. The highest BCUT2D eigenvalue weighted by atomic mass is 16.8. The van der Waals surface area contributed by atoms with Crippen molar-refractivity contribution in [1.82, 2.24) is 4.90 Å². The lowest BCUT2D eigenvalue weighted by Crippen LogP contribution is -2.60. The Bertz CT molecular complexity index is 1150. The zero-order chi connectivity index (χ0) is 29.3. The van der Waals surface area contributed by atoms with Crippen LogP contribution in [0.25, 0.3) is 0 Å². The molecule has 3 aliphatic rings. The summed E-state index contributed by atoms with van der Waals surface area (Å²) in [6, 6.07) is 2.28. The number of aromatic hydroxyl groups is 2. The SMILES string of the molecule is C=C[C@@H]1[C@@H](O[C@@H]2O[C@H](CO)[C@@H](O)[C@H](O)[C@H]2O)OC=C(C(=O)OC)[C@H]1C[C@@H]1c2c(ccc(O)c2O)CCN1C(C)=O. The third-order valence-corrected chi connectivity index (χ3v) is 7.82. The van der Waals surface area contributed by atoms with E-state index in [9.17, 15) is 40.2 Å². The fraction of sp³-hybridized carbons (Fsp3) is 0.556. The summed E-state index contributed by atoms with van der Waals surface area (Å²) in [6.07, 6.45) is -5.86. The van der Waals surface area contributed by atoms with Crippen LogP contribution >= 0.6 is 0 Å². The fourth-order valence-corrected chi connectivity index (χ4v) is 5.67. The van der Waals surface area contributed by atoms with E-state index in [1.54, 1.807) is 11.0 Å². The van der Waals surface area contributed by atoms with Crippen LogP contribution in [-0.4, -0.2) is 105 Å². The average molecular weight is 566 g/mol. The Hall–Kier alpha value is -3.20. The largest absolute Gasteiger partial charge is 0.504 e. The third-order valence-electron chi connectivity index (χ3n) is 7.82. The molecule has 1 amide bonds. The molecule has 0 aromatic heterocycles. The number of hydrogen-bond donors (Lipinski definition) is 6. The van der Waals surface area contributed by atoms with E-state index in [1.165, 1.54) is 26.2 Å². The van der Waals surface area contributed by atoms with Crippen molar-refractivity contribution in [3.8, 4) is 11.5 Å². The standard InChI is InChI=1S/C27H35NO12/c1-4-14-15(9-17-20-13(5-6-18(31)21(20)32)7-8-28(17)12(2)30)16(25(36)37-3)11-38-26(14)40-27-24(35)23(34)22(33)19(10-29)39-27/h4-6,11,14-15,17,19,22-24,26-27,29,31-35H,1,7-10H2,2-3H3/t14-,15-,17+,19+,22+,23-,24+,26+,27-/m0/s1. The highest BCUT2D eigenvalue weighted by molar-refractivity contribution is 5.89. The summed E-state index contributed by atoms with van der Waals surface area (Å²) in [6.45, 7) is 4.92. The molecule has 40 heavy (non-hydrogen) atoms. The zero-order valence-electron chi connectivity index (χ0n) is 22.1. The van der Waals surface area contributed by atoms with Crippen molar-refractivity contribution < 1.29 is 59.2 Å². The number of methoxy groups -OCH3 is 1. The molecule has 1 aromatic rings. The zero-order valence-corrected chi connectivity index (χ0v) is 22.1. The van der Waals surface area contributed by atoms with Crippen LogP contribution in [-0.2, 0) is 35.0 Å². The van der Waals surface area contributed by atoms with Crippen LogP contribution in [0.4, 0.5) is 0 Å². The van der Waals surface area contributed by atoms with Crippen LogP contribution < -0.4 is 0 Å². The predicted octanol–water partition coefficient (Wildman–Crippen LogP) is -0.418. The average Bonchev–Trinajstić information content (AvgIpc) is 2.94. The van der Waals surface area contributed by atoms with Gasteiger partial charge >= 0.3 is 5.97 Å². The number of rotatable bonds is 7. The molecule has 0 spiro atoms. The van der Waals surface area contributed by atoms with E-state index in [2.05, 4.69) is 6.58 Å². The number of fused-ring (bicyclic) bond motifs is 1. The number of aliphatic hydroxyl groups is 4. The maximum atomic E-state index is 12.8. The summed E-state index contributed by atoms with van der Waals surface area (Å²) in [7, 11) is 1.20. The molecule has 0 unspecified atom stereocenters. The number of ether oxygens (including phenoxy) is 4. The first-order valence-corrected chi connectivity index (χ1v) is 12.9. The second-order valence-corrected chi connectivity index (χ2v) is 10.0. The second kappa shape index (κ2) is 12.1. The van der Waals surface area contributed by atoms with Crippen LogP contribution in [0.2, 0.25) is 0 Å². The highest BCUT2D eigenvalue weighted by Gasteiger charge is 2.48. The van der Waals surface area contributed by atoms with Crippen molar-refractivity contribution in [3.63, 3.8) is 0 Å². The Labute approximate surface area is 230 Å². The first-order chi connectivity index (χ1) is 19.0. The molecule has 220 valence electrons. The van der Waals surface area contributed by atoms with E-state index in [-0.39, 0.29) is 29.4 Å². The van der Waals surface area contributed by atoms with Gasteiger partial charge in [0.15, 0.2) is 17.8 Å². The van der Waals surface area contributed by atoms with Crippen LogP contribution in [0, 0.1) is 11.8 Å². The van der Waals surface area contributed by atoms with Gasteiger partial charge in [0.2, 0.25) is 12.2 Å². The van der Waals surface area contributed by atoms with E-state index >= 15 is 0 Å². The Balaban J connectivity index is 1.70. The van der Waals surface area contributed by atoms with Gasteiger partial charge in [0.25, 0.3) is 0 Å². The molecule has 1 fully saturated rings. The minimum atomic E-state index is -1.70. The Morgan fingerprint density at radius 2 is 1.88 bits per heavy atom. The van der Waals surface area contributed by atoms with Crippen molar-refractivity contribution in [2.75, 3.05) is 20.3 Å². The molecule has 0 saturated carbocycles. The smallest absolute Gasteiger partial charge is 0.337 e. The van der Waals surface area contributed by atoms with Gasteiger partial charge in [0.1, 0.15) is 24.4 Å². The number of amides is 1. The van der Waals surface area contributed by atoms with Crippen LogP contribution in [0.1, 0.15) is 30.5 Å². The Morgan fingerprint density at radius 1 is 1.15 bits per heavy atom. The summed E-state index contributed by atoms with van der Waals surface area (Å²) >= 11 is 0. The lowest BCUT2D eigenvalue weighted by atomic mass is 9.76. The van der Waals surface area contributed by atoms with Gasteiger partial charge in [0, 0.05) is 30.9 Å². The molecular formula is C27H35NO12. The molecule has 0 radical (unpaired) electrons. The summed E-state index contributed by atoms with van der Waals surface area (Å²) in [5.74, 6) is -3.30. The lowest BCUT2D eigenvalue weighted by molar-refractivity contribution is -0.339. The minimum Gasteiger partial charge on any atom is -0.504 e. The van der Waals surface area contributed by atoms with Gasteiger partial charge in [-0.1, -0.05) is 12.1 Å². The molecule has 4 rings (SSSR count). The topological polar surface area (TPSA) is 196 Å². The maximum absolute atomic E-state index is 12.8. The number of nitrogens with zero attached hydrogens (tertiary/aromatic N) is 1. The number of hydrogen-bond acceptors (Lipinski definition) is 12. The number of carbonyl (C=O) groups is 2. The summed E-state index contributed by atoms with van der Waals surface area (Å²) in [4.78, 5) is 27.0. The van der Waals surface area contributed by atoms with Gasteiger partial charge in [-0.15, -0.1) is 6.58 Å². The van der Waals surface area contributed by atoms with Crippen molar-refractivity contribution in [3.05, 3.63) is 47.7 Å². The van der Waals surface area contributed by atoms with Crippen LogP contribution in [0.15, 0.2) is 36.6 Å². The molecule has 6 N–H and O–H groups in total. The van der Waals surface area contributed by atoms with Crippen molar-refractivity contribution >= 4 is 11.9 Å². The normalized spacial score (nSPS) is 33.8. The fourth-order valence-electron chi connectivity index (χ4n) is 5.67. The highest BCUT2D eigenvalue weighted by Crippen LogP contribution is 2.47. The Kier molecular flexibility index (Phi) is 9.02. The molecule has 3 heterocycles. The molecule has 1 saturated heterocycles. The molecule has 13 nitrogen and oxygen atoms in total. The van der Waals surface area contributed by atoms with Crippen molar-refractivity contribution in [2.24, 2.45) is 11.8 Å². The Morgan fingerprint density at radius 3 is 2.50 bits per heavy atom. The van der Waals surface area contributed by atoms with Crippen molar-refractivity contribution in [2.45, 2.75) is 62.8 Å². The molecular weight excluding hydrogens is 530 g/mol. The van der Waals surface area contributed by atoms with E-state index in [0.29, 0.717) is 18.5 Å².